The summed E-state index contributed by atoms with van der Waals surface area (Å²) in [7, 11) is -0.852. The first kappa shape index (κ1) is 33.3. The Kier molecular flexibility index (Phi) is 9.88. The average Bonchev–Trinajstić information content (AvgIpc) is 3.62. The van der Waals surface area contributed by atoms with E-state index in [2.05, 4.69) is 0 Å². The van der Waals surface area contributed by atoms with Crippen LogP contribution in [0.2, 0.25) is 0 Å². The number of hydrogen-bond acceptors (Lipinski definition) is 9. The van der Waals surface area contributed by atoms with Gasteiger partial charge in [0.2, 0.25) is 16.0 Å². The number of sulfonamides is 1. The van der Waals surface area contributed by atoms with Gasteiger partial charge in [-0.25, -0.2) is 27.2 Å². The standard InChI is InChI=1S/C35H37F2N5O5S/c1-46-32-10-5-11-33(47-2)34(32)28-23-25(38-35(39-28)41-21-19-40(20-22-41)29-8-4-3-7-27(29)37)14-17-31(43)30-9-6-18-42(30)48(44,45)26-15-12-24(36)13-16-26/h3-5,7-8,10-13,15-16,23,30H,6,9,14,17-22H2,1-2H3/t30-/m0/s1. The molecule has 3 heterocycles. The zero-order valence-electron chi connectivity index (χ0n) is 26.8. The molecule has 1 atom stereocenters. The minimum atomic E-state index is -3.98. The van der Waals surface area contributed by atoms with E-state index in [0.29, 0.717) is 79.1 Å². The number of aromatic nitrogens is 2. The van der Waals surface area contributed by atoms with Gasteiger partial charge >= 0.3 is 0 Å². The first-order valence-corrected chi connectivity index (χ1v) is 17.3. The summed E-state index contributed by atoms with van der Waals surface area (Å²) in [6.45, 7) is 2.40. The molecule has 252 valence electrons. The molecule has 2 aliphatic heterocycles. The third-order valence-corrected chi connectivity index (χ3v) is 10.8. The largest absolute Gasteiger partial charge is 0.496 e. The number of carbonyl (C=O) groups excluding carboxylic acids is 1. The van der Waals surface area contributed by atoms with Crippen LogP contribution in [-0.4, -0.2) is 81.5 Å². The molecule has 0 N–H and O–H groups in total. The Morgan fingerprint density at radius 2 is 1.52 bits per heavy atom. The van der Waals surface area contributed by atoms with E-state index in [1.165, 1.54) is 22.5 Å². The van der Waals surface area contributed by atoms with Crippen LogP contribution < -0.4 is 19.3 Å². The number of para-hydroxylation sites is 1. The SMILES string of the molecule is COc1cccc(OC)c1-c1cc(CCC(=O)[C@@H]2CCCN2S(=O)(=O)c2ccc(F)cc2)nc(N2CCN(c3ccccc3F)CC2)n1. The van der Waals surface area contributed by atoms with Gasteiger partial charge < -0.3 is 19.3 Å². The molecule has 2 aliphatic rings. The molecule has 3 aromatic carbocycles. The van der Waals surface area contributed by atoms with Crippen LogP contribution in [0, 0.1) is 11.6 Å². The van der Waals surface area contributed by atoms with Gasteiger partial charge in [0.25, 0.3) is 0 Å². The highest BCUT2D eigenvalue weighted by atomic mass is 32.2. The molecule has 1 aromatic heterocycles. The number of nitrogens with zero attached hydrogens (tertiary/aromatic N) is 5. The van der Waals surface area contributed by atoms with Crippen LogP contribution in [0.5, 0.6) is 11.5 Å². The van der Waals surface area contributed by atoms with Crippen molar-refractivity contribution in [3.05, 3.63) is 90.1 Å². The molecule has 0 saturated carbocycles. The zero-order valence-corrected chi connectivity index (χ0v) is 27.6. The fourth-order valence-electron chi connectivity index (χ4n) is 6.35. The van der Waals surface area contributed by atoms with Crippen LogP contribution >= 0.6 is 0 Å². The molecule has 48 heavy (non-hydrogen) atoms. The summed E-state index contributed by atoms with van der Waals surface area (Å²) in [6.07, 6.45) is 1.25. The lowest BCUT2D eigenvalue weighted by Crippen LogP contribution is -2.47. The average molecular weight is 678 g/mol. The number of methoxy groups -OCH3 is 2. The van der Waals surface area contributed by atoms with Crippen molar-refractivity contribution >= 4 is 27.4 Å². The van der Waals surface area contributed by atoms with E-state index in [0.717, 1.165) is 12.1 Å². The molecular formula is C35H37F2N5O5S. The number of benzene rings is 3. The zero-order chi connectivity index (χ0) is 33.8. The lowest BCUT2D eigenvalue weighted by Gasteiger charge is -2.36. The molecule has 0 spiro atoms. The summed E-state index contributed by atoms with van der Waals surface area (Å²) in [5.41, 5.74) is 2.33. The van der Waals surface area contributed by atoms with Crippen molar-refractivity contribution in [1.29, 1.82) is 0 Å². The van der Waals surface area contributed by atoms with Crippen molar-refractivity contribution in [2.75, 3.05) is 56.7 Å². The quantitative estimate of drug-likeness (QED) is 0.214. The van der Waals surface area contributed by atoms with Gasteiger partial charge in [-0.1, -0.05) is 18.2 Å². The van der Waals surface area contributed by atoms with Crippen LogP contribution in [0.1, 0.15) is 25.0 Å². The molecule has 0 unspecified atom stereocenters. The third kappa shape index (κ3) is 6.83. The number of ketones is 1. The molecule has 6 rings (SSSR count). The van der Waals surface area contributed by atoms with Crippen molar-refractivity contribution < 1.29 is 31.5 Å². The van der Waals surface area contributed by atoms with Gasteiger partial charge in [0.05, 0.1) is 42.1 Å². The second-order valence-electron chi connectivity index (χ2n) is 11.7. The Hall–Kier alpha value is -4.62. The predicted octanol–water partition coefficient (Wildman–Crippen LogP) is 5.12. The first-order valence-electron chi connectivity index (χ1n) is 15.8. The van der Waals surface area contributed by atoms with Gasteiger partial charge in [0.1, 0.15) is 23.1 Å². The molecule has 0 amide bonds. The normalized spacial score (nSPS) is 17.0. The van der Waals surface area contributed by atoms with E-state index in [4.69, 9.17) is 19.4 Å². The van der Waals surface area contributed by atoms with Crippen molar-refractivity contribution in [3.63, 3.8) is 0 Å². The Bertz CT molecular complexity index is 1860. The fourth-order valence-corrected chi connectivity index (χ4v) is 8.03. The number of piperazine rings is 1. The third-order valence-electron chi connectivity index (χ3n) is 8.83. The molecular weight excluding hydrogens is 640 g/mol. The highest BCUT2D eigenvalue weighted by molar-refractivity contribution is 7.89. The van der Waals surface area contributed by atoms with E-state index in [9.17, 15) is 22.0 Å². The number of rotatable bonds is 11. The second-order valence-corrected chi connectivity index (χ2v) is 13.6. The number of ether oxygens (including phenoxy) is 2. The fraction of sp³-hybridized carbons (Fsp3) is 0.343. The van der Waals surface area contributed by atoms with E-state index in [1.54, 1.807) is 32.4 Å². The molecule has 2 saturated heterocycles. The van der Waals surface area contributed by atoms with Gasteiger partial charge in [-0.15, -0.1) is 0 Å². The topological polar surface area (TPSA) is 105 Å². The molecule has 0 radical (unpaired) electrons. The predicted molar refractivity (Wildman–Crippen MR) is 178 cm³/mol. The molecule has 10 nitrogen and oxygen atoms in total. The number of carbonyl (C=O) groups is 1. The minimum Gasteiger partial charge on any atom is -0.496 e. The highest BCUT2D eigenvalue weighted by Crippen LogP contribution is 2.38. The molecule has 0 aliphatic carbocycles. The van der Waals surface area contributed by atoms with E-state index in [-0.39, 0.29) is 35.9 Å². The number of hydrogen-bond donors (Lipinski definition) is 0. The van der Waals surface area contributed by atoms with E-state index in [1.807, 2.05) is 34.1 Å². The van der Waals surface area contributed by atoms with E-state index < -0.39 is 21.9 Å². The minimum absolute atomic E-state index is 0.0467. The van der Waals surface area contributed by atoms with Gasteiger partial charge in [-0.05, 0) is 73.9 Å². The Morgan fingerprint density at radius 1 is 0.854 bits per heavy atom. The van der Waals surface area contributed by atoms with Crippen molar-refractivity contribution in [1.82, 2.24) is 14.3 Å². The molecule has 0 bridgehead atoms. The maximum atomic E-state index is 14.5. The number of Topliss-reactive ketones (excluding diaryl/α,β-unsaturated/α-hetero) is 1. The highest BCUT2D eigenvalue weighted by Gasteiger charge is 2.39. The number of anilines is 2. The smallest absolute Gasteiger partial charge is 0.243 e. The van der Waals surface area contributed by atoms with E-state index >= 15 is 0 Å². The summed E-state index contributed by atoms with van der Waals surface area (Å²) in [6, 6.07) is 17.8. The van der Waals surface area contributed by atoms with Crippen molar-refractivity contribution in [3.8, 4) is 22.8 Å². The summed E-state index contributed by atoms with van der Waals surface area (Å²) in [5, 5.41) is 0. The molecule has 4 aromatic rings. The Balaban J connectivity index is 1.26. The first-order chi connectivity index (χ1) is 23.2. The van der Waals surface area contributed by atoms with Crippen molar-refractivity contribution in [2.24, 2.45) is 0 Å². The van der Waals surface area contributed by atoms with Gasteiger partial charge in [-0.2, -0.15) is 4.31 Å². The summed E-state index contributed by atoms with van der Waals surface area (Å²) in [4.78, 5) is 27.3. The second kappa shape index (κ2) is 14.2. The number of halogens is 2. The van der Waals surface area contributed by atoms with Crippen LogP contribution in [0.25, 0.3) is 11.3 Å². The summed E-state index contributed by atoms with van der Waals surface area (Å²) >= 11 is 0. The Labute approximate surface area is 279 Å². The van der Waals surface area contributed by atoms with Crippen LogP contribution in [0.3, 0.4) is 0 Å². The van der Waals surface area contributed by atoms with Gasteiger partial charge in [0, 0.05) is 44.8 Å². The van der Waals surface area contributed by atoms with Gasteiger partial charge in [-0.3, -0.25) is 4.79 Å². The molecule has 2 fully saturated rings. The number of aryl methyl sites for hydroxylation is 1. The lowest BCUT2D eigenvalue weighted by molar-refractivity contribution is -0.122. The molecule has 13 heteroatoms. The summed E-state index contributed by atoms with van der Waals surface area (Å²) < 4.78 is 67.3. The van der Waals surface area contributed by atoms with Crippen molar-refractivity contribution in [2.45, 2.75) is 36.6 Å². The maximum Gasteiger partial charge on any atom is 0.243 e. The van der Waals surface area contributed by atoms with Crippen LogP contribution in [0.4, 0.5) is 20.4 Å². The summed E-state index contributed by atoms with van der Waals surface area (Å²) in [5.74, 6) is 0.539. The lowest BCUT2D eigenvalue weighted by atomic mass is 10.0. The van der Waals surface area contributed by atoms with Crippen LogP contribution in [-0.2, 0) is 21.2 Å². The Morgan fingerprint density at radius 3 is 2.19 bits per heavy atom. The maximum absolute atomic E-state index is 14.5. The monoisotopic (exact) mass is 677 g/mol. The van der Waals surface area contributed by atoms with Gasteiger partial charge in [0.15, 0.2) is 5.78 Å². The van der Waals surface area contributed by atoms with Crippen LogP contribution in [0.15, 0.2) is 77.7 Å².